The van der Waals surface area contributed by atoms with Crippen LogP contribution in [0, 0.1) is 12.7 Å². The zero-order valence-corrected chi connectivity index (χ0v) is 15.9. The minimum atomic E-state index is -0.606. The number of carbonyl (C=O) groups is 2. The number of aromatic nitrogens is 1. The Labute approximate surface area is 155 Å². The van der Waals surface area contributed by atoms with E-state index < -0.39 is 11.9 Å². The van der Waals surface area contributed by atoms with Gasteiger partial charge in [0.15, 0.2) is 5.78 Å². The van der Waals surface area contributed by atoms with Crippen molar-refractivity contribution in [3.8, 4) is 0 Å². The summed E-state index contributed by atoms with van der Waals surface area (Å²) in [6, 6.07) is 1.97. The van der Waals surface area contributed by atoms with Crippen LogP contribution < -0.4 is 5.32 Å². The van der Waals surface area contributed by atoms with Crippen LogP contribution in [0.3, 0.4) is 0 Å². The second-order valence-electron chi connectivity index (χ2n) is 5.87. The fourth-order valence-electron chi connectivity index (χ4n) is 2.92. The molecule has 1 aromatic carbocycles. The maximum atomic E-state index is 13.7. The molecule has 25 heavy (non-hydrogen) atoms. The van der Waals surface area contributed by atoms with Gasteiger partial charge >= 0.3 is 0 Å². The molecule has 0 aliphatic rings. The van der Waals surface area contributed by atoms with Crippen molar-refractivity contribution >= 4 is 34.9 Å². The molecule has 1 heterocycles. The summed E-state index contributed by atoms with van der Waals surface area (Å²) in [5.74, 6) is -1.09. The third-order valence-electron chi connectivity index (χ3n) is 4.08. The Morgan fingerprint density at radius 3 is 2.48 bits per heavy atom. The molecule has 0 fully saturated rings. The van der Waals surface area contributed by atoms with Crippen molar-refractivity contribution in [1.29, 1.82) is 0 Å². The molecule has 0 aliphatic heterocycles. The van der Waals surface area contributed by atoms with Gasteiger partial charge in [0.25, 0.3) is 5.91 Å². The Morgan fingerprint density at radius 2 is 1.92 bits per heavy atom. The van der Waals surface area contributed by atoms with E-state index in [1.54, 1.807) is 13.8 Å². The van der Waals surface area contributed by atoms with Crippen LogP contribution >= 0.6 is 23.2 Å². The number of aromatic amines is 1. The lowest BCUT2D eigenvalue weighted by molar-refractivity contribution is 0.0934. The number of rotatable bonds is 5. The maximum Gasteiger partial charge on any atom is 0.268 e. The molecule has 2 aromatic rings. The van der Waals surface area contributed by atoms with Gasteiger partial charge in [-0.25, -0.2) is 4.39 Å². The molecule has 134 valence electrons. The molecule has 0 saturated carbocycles. The number of nitrogens with one attached hydrogen (secondary N) is 2. The molecule has 2 N–H and O–H groups in total. The van der Waals surface area contributed by atoms with E-state index >= 15 is 0 Å². The number of H-pyrrole nitrogens is 1. The molecule has 0 radical (unpaired) electrons. The SMILES string of the molecule is CCc1c(C(=O)NC(C)c2cc(F)c(Cl)cc2Cl)[nH]c(C)c1C(C)=O. The summed E-state index contributed by atoms with van der Waals surface area (Å²) in [4.78, 5) is 27.4. The topological polar surface area (TPSA) is 62.0 Å². The lowest BCUT2D eigenvalue weighted by atomic mass is 10.0. The molecule has 0 bridgehead atoms. The predicted molar refractivity (Wildman–Crippen MR) is 97.2 cm³/mol. The second kappa shape index (κ2) is 7.58. The van der Waals surface area contributed by atoms with Crippen LogP contribution in [0.4, 0.5) is 4.39 Å². The lowest BCUT2D eigenvalue weighted by Crippen LogP contribution is -2.28. The number of carbonyl (C=O) groups excluding carboxylic acids is 2. The average Bonchev–Trinajstić information content (AvgIpc) is 2.87. The lowest BCUT2D eigenvalue weighted by Gasteiger charge is -2.16. The number of hydrogen-bond donors (Lipinski definition) is 2. The quantitative estimate of drug-likeness (QED) is 0.561. The number of Topliss-reactive ketones (excluding diaryl/α,β-unsaturated/α-hetero) is 1. The first-order chi connectivity index (χ1) is 11.7. The first-order valence-electron chi connectivity index (χ1n) is 7.85. The zero-order chi connectivity index (χ0) is 18.9. The number of halogens is 3. The van der Waals surface area contributed by atoms with Crippen LogP contribution in [-0.4, -0.2) is 16.7 Å². The molecule has 4 nitrogen and oxygen atoms in total. The molecule has 1 aromatic heterocycles. The predicted octanol–water partition coefficient (Wildman–Crippen LogP) is 5.03. The summed E-state index contributed by atoms with van der Waals surface area (Å²) in [6.07, 6.45) is 0.534. The summed E-state index contributed by atoms with van der Waals surface area (Å²) >= 11 is 11.8. The average molecular weight is 385 g/mol. The molecule has 0 spiro atoms. The molecule has 1 amide bonds. The van der Waals surface area contributed by atoms with Crippen molar-refractivity contribution in [2.45, 2.75) is 40.2 Å². The van der Waals surface area contributed by atoms with Gasteiger partial charge in [-0.2, -0.15) is 0 Å². The normalized spacial score (nSPS) is 12.1. The standard InChI is InChI=1S/C18H19Cl2FN2O2/c1-5-11-16(10(4)24)9(3)22-17(11)18(25)23-8(2)12-6-15(21)14(20)7-13(12)19/h6-8,22H,5H2,1-4H3,(H,23,25). The van der Waals surface area contributed by atoms with E-state index in [2.05, 4.69) is 10.3 Å². The van der Waals surface area contributed by atoms with Crippen molar-refractivity contribution in [1.82, 2.24) is 10.3 Å². The Morgan fingerprint density at radius 1 is 1.28 bits per heavy atom. The van der Waals surface area contributed by atoms with Crippen LogP contribution in [0.2, 0.25) is 10.0 Å². The molecule has 1 atom stereocenters. The molecule has 0 saturated heterocycles. The van der Waals surface area contributed by atoms with E-state index in [0.717, 1.165) is 0 Å². The molecular formula is C18H19Cl2FN2O2. The highest BCUT2D eigenvalue weighted by Gasteiger charge is 2.23. The molecule has 2 rings (SSSR count). The Kier molecular flexibility index (Phi) is 5.91. The van der Waals surface area contributed by atoms with Crippen molar-refractivity contribution in [3.63, 3.8) is 0 Å². The third-order valence-corrected chi connectivity index (χ3v) is 4.69. The summed E-state index contributed by atoms with van der Waals surface area (Å²) < 4.78 is 13.7. The van der Waals surface area contributed by atoms with Crippen molar-refractivity contribution in [2.24, 2.45) is 0 Å². The second-order valence-corrected chi connectivity index (χ2v) is 6.69. The van der Waals surface area contributed by atoms with Gasteiger partial charge in [0.1, 0.15) is 11.5 Å². The van der Waals surface area contributed by atoms with Gasteiger partial charge in [-0.05, 0) is 50.5 Å². The minimum absolute atomic E-state index is 0.0772. The van der Waals surface area contributed by atoms with Crippen molar-refractivity contribution in [3.05, 3.63) is 56.1 Å². The van der Waals surface area contributed by atoms with E-state index in [-0.39, 0.29) is 21.7 Å². The van der Waals surface area contributed by atoms with Crippen LogP contribution in [-0.2, 0) is 6.42 Å². The molecule has 7 heteroatoms. The van der Waals surface area contributed by atoms with E-state index in [9.17, 15) is 14.0 Å². The van der Waals surface area contributed by atoms with Crippen LogP contribution in [0.15, 0.2) is 12.1 Å². The summed E-state index contributed by atoms with van der Waals surface area (Å²) in [7, 11) is 0. The highest BCUT2D eigenvalue weighted by molar-refractivity contribution is 6.35. The molecule has 1 unspecified atom stereocenters. The van der Waals surface area contributed by atoms with Gasteiger partial charge in [-0.15, -0.1) is 0 Å². The number of ketones is 1. The molecule has 0 aliphatic carbocycles. The number of aryl methyl sites for hydroxylation is 1. The highest BCUT2D eigenvalue weighted by Crippen LogP contribution is 2.29. The van der Waals surface area contributed by atoms with E-state index in [4.69, 9.17) is 23.2 Å². The van der Waals surface area contributed by atoms with Gasteiger partial charge < -0.3 is 10.3 Å². The van der Waals surface area contributed by atoms with Crippen LogP contribution in [0.1, 0.15) is 64.5 Å². The fraction of sp³-hybridized carbons (Fsp3) is 0.333. The Bertz CT molecular complexity index is 846. The van der Waals surface area contributed by atoms with Gasteiger partial charge in [-0.1, -0.05) is 30.1 Å². The number of hydrogen-bond acceptors (Lipinski definition) is 2. The largest absolute Gasteiger partial charge is 0.354 e. The maximum absolute atomic E-state index is 13.7. The molecular weight excluding hydrogens is 366 g/mol. The van der Waals surface area contributed by atoms with Gasteiger partial charge in [0.05, 0.1) is 11.1 Å². The third kappa shape index (κ3) is 3.88. The smallest absolute Gasteiger partial charge is 0.268 e. The minimum Gasteiger partial charge on any atom is -0.354 e. The summed E-state index contributed by atoms with van der Waals surface area (Å²) in [5.41, 5.74) is 2.62. The highest BCUT2D eigenvalue weighted by atomic mass is 35.5. The van der Waals surface area contributed by atoms with E-state index in [0.29, 0.717) is 34.5 Å². The van der Waals surface area contributed by atoms with Crippen LogP contribution in [0.25, 0.3) is 0 Å². The summed E-state index contributed by atoms with van der Waals surface area (Å²) in [6.45, 7) is 6.79. The first kappa shape index (κ1) is 19.5. The van der Waals surface area contributed by atoms with Crippen molar-refractivity contribution < 1.29 is 14.0 Å². The monoisotopic (exact) mass is 384 g/mol. The van der Waals surface area contributed by atoms with Gasteiger partial charge in [0.2, 0.25) is 0 Å². The van der Waals surface area contributed by atoms with E-state index in [1.807, 2.05) is 6.92 Å². The fourth-order valence-corrected chi connectivity index (χ4v) is 3.46. The Hall–Kier alpha value is -1.85. The van der Waals surface area contributed by atoms with Gasteiger partial charge in [0, 0.05) is 16.3 Å². The van der Waals surface area contributed by atoms with Gasteiger partial charge in [-0.3, -0.25) is 9.59 Å². The first-order valence-corrected chi connectivity index (χ1v) is 8.60. The number of amides is 1. The zero-order valence-electron chi connectivity index (χ0n) is 14.4. The van der Waals surface area contributed by atoms with Crippen LogP contribution in [0.5, 0.6) is 0 Å². The van der Waals surface area contributed by atoms with E-state index in [1.165, 1.54) is 19.1 Å². The summed E-state index contributed by atoms with van der Waals surface area (Å²) in [5, 5.41) is 2.97. The van der Waals surface area contributed by atoms with Crippen molar-refractivity contribution in [2.75, 3.05) is 0 Å². The number of benzene rings is 1. The Balaban J connectivity index is 2.33.